The van der Waals surface area contributed by atoms with Gasteiger partial charge in [0.25, 0.3) is 0 Å². The molecule has 1 aromatic rings. The highest BCUT2D eigenvalue weighted by molar-refractivity contribution is 5.88. The third-order valence-electron chi connectivity index (χ3n) is 5.75. The summed E-state index contributed by atoms with van der Waals surface area (Å²) in [6, 6.07) is 4.09. The predicted molar refractivity (Wildman–Crippen MR) is 107 cm³/mol. The topological polar surface area (TPSA) is 65.5 Å². The summed E-state index contributed by atoms with van der Waals surface area (Å²) >= 11 is 0. The van der Waals surface area contributed by atoms with Crippen molar-refractivity contribution in [2.75, 3.05) is 38.0 Å². The molecule has 0 radical (unpaired) electrons. The molecule has 0 unspecified atom stereocenters. The number of fused-ring (bicyclic) bond motifs is 1. The van der Waals surface area contributed by atoms with Gasteiger partial charge < -0.3 is 10.2 Å². The molecule has 1 fully saturated rings. The van der Waals surface area contributed by atoms with E-state index < -0.39 is 0 Å². The van der Waals surface area contributed by atoms with Crippen molar-refractivity contribution in [1.82, 2.24) is 14.8 Å². The second kappa shape index (κ2) is 9.31. The van der Waals surface area contributed by atoms with Crippen LogP contribution in [0, 0.1) is 0 Å². The second-order valence-electron chi connectivity index (χ2n) is 7.80. The summed E-state index contributed by atoms with van der Waals surface area (Å²) in [5.41, 5.74) is 2.51. The van der Waals surface area contributed by atoms with Crippen LogP contribution in [0.1, 0.15) is 50.8 Å². The van der Waals surface area contributed by atoms with Gasteiger partial charge in [-0.2, -0.15) is 0 Å². The highest BCUT2D eigenvalue weighted by Gasteiger charge is 2.28. The Balaban J connectivity index is 1.34. The SMILES string of the molecule is CC(=O)[C@H](C)N1CCN(CCCCCc2ccc3c(n2)NCCC3)CC1=O. The number of hydrogen-bond acceptors (Lipinski definition) is 5. The molecule has 0 spiro atoms. The first-order valence-electron chi connectivity index (χ1n) is 10.3. The molecule has 1 N–H and O–H groups in total. The van der Waals surface area contributed by atoms with Crippen molar-refractivity contribution in [2.24, 2.45) is 0 Å². The lowest BCUT2D eigenvalue weighted by Crippen LogP contribution is -2.54. The van der Waals surface area contributed by atoms with Crippen LogP contribution in [0.3, 0.4) is 0 Å². The molecule has 6 nitrogen and oxygen atoms in total. The first-order chi connectivity index (χ1) is 13.0. The van der Waals surface area contributed by atoms with Gasteiger partial charge in [0.15, 0.2) is 5.78 Å². The Morgan fingerprint density at radius 2 is 2.11 bits per heavy atom. The maximum Gasteiger partial charge on any atom is 0.237 e. The van der Waals surface area contributed by atoms with Gasteiger partial charge in [-0.3, -0.25) is 14.5 Å². The highest BCUT2D eigenvalue weighted by atomic mass is 16.2. The maximum absolute atomic E-state index is 12.3. The van der Waals surface area contributed by atoms with E-state index in [0.29, 0.717) is 13.1 Å². The van der Waals surface area contributed by atoms with E-state index in [1.807, 2.05) is 6.92 Å². The Labute approximate surface area is 162 Å². The van der Waals surface area contributed by atoms with Crippen molar-refractivity contribution in [2.45, 2.75) is 58.4 Å². The number of anilines is 1. The molecule has 3 heterocycles. The summed E-state index contributed by atoms with van der Waals surface area (Å²) in [6.45, 7) is 7.31. The van der Waals surface area contributed by atoms with Gasteiger partial charge in [-0.15, -0.1) is 0 Å². The molecule has 6 heteroatoms. The molecule has 0 bridgehead atoms. The minimum absolute atomic E-state index is 0.0581. The van der Waals surface area contributed by atoms with Crippen molar-refractivity contribution in [3.8, 4) is 0 Å². The van der Waals surface area contributed by atoms with E-state index in [2.05, 4.69) is 22.3 Å². The molecular formula is C21H32N4O2. The van der Waals surface area contributed by atoms with Crippen LogP contribution in [-0.2, 0) is 22.4 Å². The second-order valence-corrected chi connectivity index (χ2v) is 7.80. The fraction of sp³-hybridized carbons (Fsp3) is 0.667. The number of amides is 1. The lowest BCUT2D eigenvalue weighted by atomic mass is 10.1. The van der Waals surface area contributed by atoms with Crippen molar-refractivity contribution in [3.63, 3.8) is 0 Å². The van der Waals surface area contributed by atoms with Gasteiger partial charge in [0.05, 0.1) is 12.6 Å². The average Bonchev–Trinajstić information content (AvgIpc) is 2.67. The van der Waals surface area contributed by atoms with E-state index in [9.17, 15) is 9.59 Å². The average molecular weight is 373 g/mol. The number of carbonyl (C=O) groups excluding carboxylic acids is 2. The number of nitrogens with zero attached hydrogens (tertiary/aromatic N) is 3. The van der Waals surface area contributed by atoms with Crippen LogP contribution >= 0.6 is 0 Å². The normalized spacial score (nSPS) is 18.7. The number of unbranched alkanes of at least 4 members (excludes halogenated alkanes) is 2. The lowest BCUT2D eigenvalue weighted by Gasteiger charge is -2.36. The molecule has 2 aliphatic rings. The Kier molecular flexibility index (Phi) is 6.83. The van der Waals surface area contributed by atoms with Crippen molar-refractivity contribution < 1.29 is 9.59 Å². The van der Waals surface area contributed by atoms with Crippen LogP contribution in [0.4, 0.5) is 5.82 Å². The number of nitrogens with one attached hydrogen (secondary N) is 1. The van der Waals surface area contributed by atoms with Crippen LogP contribution in [0.25, 0.3) is 0 Å². The summed E-state index contributed by atoms with van der Waals surface area (Å²) in [4.78, 5) is 32.4. The zero-order valence-corrected chi connectivity index (χ0v) is 16.7. The zero-order valence-electron chi connectivity index (χ0n) is 16.7. The fourth-order valence-corrected chi connectivity index (χ4v) is 3.88. The zero-order chi connectivity index (χ0) is 19.2. The van der Waals surface area contributed by atoms with E-state index in [1.54, 1.807) is 11.8 Å². The quantitative estimate of drug-likeness (QED) is 0.709. The third-order valence-corrected chi connectivity index (χ3v) is 5.75. The summed E-state index contributed by atoms with van der Waals surface area (Å²) in [5.74, 6) is 1.22. The third kappa shape index (κ3) is 5.28. The van der Waals surface area contributed by atoms with E-state index in [4.69, 9.17) is 4.98 Å². The van der Waals surface area contributed by atoms with Crippen LogP contribution in [0.15, 0.2) is 12.1 Å². The molecule has 1 saturated heterocycles. The number of aromatic nitrogens is 1. The fourth-order valence-electron chi connectivity index (χ4n) is 3.88. The van der Waals surface area contributed by atoms with E-state index in [1.165, 1.54) is 17.7 Å². The van der Waals surface area contributed by atoms with Crippen LogP contribution in [-0.4, -0.2) is 65.2 Å². The van der Waals surface area contributed by atoms with E-state index >= 15 is 0 Å². The first-order valence-corrected chi connectivity index (χ1v) is 10.3. The molecule has 3 rings (SSSR count). The number of rotatable bonds is 8. The van der Waals surface area contributed by atoms with Gasteiger partial charge in [-0.25, -0.2) is 4.98 Å². The van der Waals surface area contributed by atoms with Crippen LogP contribution in [0.5, 0.6) is 0 Å². The molecule has 1 amide bonds. The monoisotopic (exact) mass is 372 g/mol. The van der Waals surface area contributed by atoms with Gasteiger partial charge in [-0.1, -0.05) is 12.5 Å². The first kappa shape index (κ1) is 19.8. The molecule has 0 saturated carbocycles. The van der Waals surface area contributed by atoms with Gasteiger partial charge in [0.1, 0.15) is 5.82 Å². The van der Waals surface area contributed by atoms with E-state index in [-0.39, 0.29) is 17.7 Å². The molecule has 0 aliphatic carbocycles. The Morgan fingerprint density at radius 1 is 1.26 bits per heavy atom. The summed E-state index contributed by atoms with van der Waals surface area (Å²) < 4.78 is 0. The highest BCUT2D eigenvalue weighted by Crippen LogP contribution is 2.20. The Bertz CT molecular complexity index is 676. The van der Waals surface area contributed by atoms with Gasteiger partial charge in [0.2, 0.25) is 5.91 Å². The number of pyridine rings is 1. The number of carbonyl (C=O) groups is 2. The Morgan fingerprint density at radius 3 is 2.89 bits per heavy atom. The number of ketones is 1. The van der Waals surface area contributed by atoms with Gasteiger partial charge in [-0.05, 0) is 64.1 Å². The molecule has 1 atom stereocenters. The minimum Gasteiger partial charge on any atom is -0.370 e. The van der Waals surface area contributed by atoms with Crippen LogP contribution in [0.2, 0.25) is 0 Å². The van der Waals surface area contributed by atoms with Crippen molar-refractivity contribution >= 4 is 17.5 Å². The number of piperazine rings is 1. The summed E-state index contributed by atoms with van der Waals surface area (Å²) in [5, 5.41) is 3.40. The number of Topliss-reactive ketones (excluding diaryl/α,β-unsaturated/α-hetero) is 1. The number of hydrogen-bond donors (Lipinski definition) is 1. The molecule has 148 valence electrons. The van der Waals surface area contributed by atoms with Gasteiger partial charge in [0, 0.05) is 25.3 Å². The maximum atomic E-state index is 12.3. The molecule has 0 aromatic carbocycles. The number of aryl methyl sites for hydroxylation is 2. The Hall–Kier alpha value is -1.95. The lowest BCUT2D eigenvalue weighted by molar-refractivity contribution is -0.142. The summed E-state index contributed by atoms with van der Waals surface area (Å²) in [6.07, 6.45) is 6.70. The summed E-state index contributed by atoms with van der Waals surface area (Å²) in [7, 11) is 0. The van der Waals surface area contributed by atoms with Crippen LogP contribution < -0.4 is 5.32 Å². The van der Waals surface area contributed by atoms with Gasteiger partial charge >= 0.3 is 0 Å². The van der Waals surface area contributed by atoms with Crippen molar-refractivity contribution in [3.05, 3.63) is 23.4 Å². The molecular weight excluding hydrogens is 340 g/mol. The molecule has 27 heavy (non-hydrogen) atoms. The molecule has 2 aliphatic heterocycles. The standard InChI is InChI=1S/C21H32N4O2/c1-16(17(2)26)25-14-13-24(15-20(25)27)12-5-3-4-8-19-10-9-18-7-6-11-22-21(18)23-19/h9-10,16H,3-8,11-15H2,1-2H3,(H,22,23)/t16-/m0/s1. The largest absolute Gasteiger partial charge is 0.370 e. The minimum atomic E-state index is -0.293. The van der Waals surface area contributed by atoms with Crippen molar-refractivity contribution in [1.29, 1.82) is 0 Å². The smallest absolute Gasteiger partial charge is 0.237 e. The predicted octanol–water partition coefficient (Wildman–Crippen LogP) is 2.27. The molecule has 1 aromatic heterocycles. The van der Waals surface area contributed by atoms with E-state index in [0.717, 1.165) is 57.6 Å².